The van der Waals surface area contributed by atoms with Crippen LogP contribution in [0.15, 0.2) is 53.6 Å². The van der Waals surface area contributed by atoms with Gasteiger partial charge in [0.05, 0.1) is 17.2 Å². The van der Waals surface area contributed by atoms with E-state index < -0.39 is 0 Å². The van der Waals surface area contributed by atoms with Crippen LogP contribution in [0.3, 0.4) is 0 Å². The molecule has 0 aliphatic carbocycles. The Morgan fingerprint density at radius 2 is 2.00 bits per heavy atom. The van der Waals surface area contributed by atoms with Crippen LogP contribution in [0.2, 0.25) is 0 Å². The molecule has 1 amide bonds. The Hall–Kier alpha value is -3.02. The molecule has 3 rings (SSSR count). The van der Waals surface area contributed by atoms with E-state index in [2.05, 4.69) is 10.3 Å². The molecule has 3 aromatic rings. The van der Waals surface area contributed by atoms with Gasteiger partial charge < -0.3 is 5.32 Å². The third-order valence-corrected chi connectivity index (χ3v) is 4.53. The molecule has 1 unspecified atom stereocenters. The maximum Gasteiger partial charge on any atom is 0.261 e. The third kappa shape index (κ3) is 4.39. The average Bonchev–Trinajstić information content (AvgIpc) is 2.64. The number of nitrogens with one attached hydrogen (secondary N) is 1. The van der Waals surface area contributed by atoms with E-state index in [1.165, 1.54) is 17.0 Å². The van der Waals surface area contributed by atoms with Crippen LogP contribution in [0.5, 0.6) is 0 Å². The predicted molar refractivity (Wildman–Crippen MR) is 103 cm³/mol. The van der Waals surface area contributed by atoms with Crippen molar-refractivity contribution < 1.29 is 9.18 Å². The van der Waals surface area contributed by atoms with Crippen molar-refractivity contribution in [3.05, 3.63) is 76.1 Å². The van der Waals surface area contributed by atoms with Crippen molar-refractivity contribution in [3.63, 3.8) is 0 Å². The van der Waals surface area contributed by atoms with Crippen LogP contribution in [-0.2, 0) is 17.8 Å². The Kier molecular flexibility index (Phi) is 5.64. The maximum atomic E-state index is 13.7. The molecule has 0 radical (unpaired) electrons. The highest BCUT2D eigenvalue weighted by molar-refractivity contribution is 5.80. The van der Waals surface area contributed by atoms with Crippen molar-refractivity contribution in [2.24, 2.45) is 0 Å². The molecule has 1 heterocycles. The monoisotopic (exact) mass is 367 g/mol. The van der Waals surface area contributed by atoms with Crippen LogP contribution < -0.4 is 10.9 Å². The molecule has 1 aromatic heterocycles. The first-order chi connectivity index (χ1) is 13.0. The van der Waals surface area contributed by atoms with E-state index in [0.29, 0.717) is 22.9 Å². The number of benzene rings is 2. The average molecular weight is 367 g/mol. The molecule has 5 nitrogen and oxygen atoms in total. The van der Waals surface area contributed by atoms with Crippen molar-refractivity contribution in [2.45, 2.75) is 39.3 Å². The van der Waals surface area contributed by atoms with E-state index in [-0.39, 0.29) is 36.3 Å². The lowest BCUT2D eigenvalue weighted by Gasteiger charge is -2.15. The van der Waals surface area contributed by atoms with E-state index in [4.69, 9.17) is 0 Å². The first-order valence-corrected chi connectivity index (χ1v) is 8.93. The number of rotatable bonds is 6. The van der Waals surface area contributed by atoms with E-state index >= 15 is 0 Å². The van der Waals surface area contributed by atoms with Crippen molar-refractivity contribution in [1.29, 1.82) is 0 Å². The Morgan fingerprint density at radius 3 is 2.78 bits per heavy atom. The van der Waals surface area contributed by atoms with E-state index in [1.807, 2.05) is 26.0 Å². The molecular formula is C21H22FN3O2. The standard InChI is InChI=1S/C21H22FN3O2/c1-14-6-5-8-17-20(14)23-13-25(21(17)27)11-10-19(26)24-15(2)12-16-7-3-4-9-18(16)22/h3-9,13,15H,10-12H2,1-2H3,(H,24,26). The van der Waals surface area contributed by atoms with Crippen LogP contribution >= 0.6 is 0 Å². The van der Waals surface area contributed by atoms with Crippen LogP contribution in [-0.4, -0.2) is 21.5 Å². The molecule has 0 aliphatic rings. The maximum absolute atomic E-state index is 13.7. The second-order valence-electron chi connectivity index (χ2n) is 6.73. The number of carbonyl (C=O) groups excluding carboxylic acids is 1. The first-order valence-electron chi connectivity index (χ1n) is 8.93. The van der Waals surface area contributed by atoms with Gasteiger partial charge in [-0.2, -0.15) is 0 Å². The summed E-state index contributed by atoms with van der Waals surface area (Å²) in [6.07, 6.45) is 2.05. The highest BCUT2D eigenvalue weighted by Crippen LogP contribution is 2.11. The SMILES string of the molecule is Cc1cccc2c(=O)n(CCC(=O)NC(C)Cc3ccccc3F)cnc12. The van der Waals surface area contributed by atoms with E-state index in [9.17, 15) is 14.0 Å². The lowest BCUT2D eigenvalue weighted by molar-refractivity contribution is -0.121. The zero-order valence-corrected chi connectivity index (χ0v) is 15.4. The van der Waals surface area contributed by atoms with Crippen LogP contribution in [0.25, 0.3) is 10.9 Å². The number of nitrogens with zero attached hydrogens (tertiary/aromatic N) is 2. The molecular weight excluding hydrogens is 345 g/mol. The molecule has 1 N–H and O–H groups in total. The molecule has 27 heavy (non-hydrogen) atoms. The highest BCUT2D eigenvalue weighted by atomic mass is 19.1. The molecule has 6 heteroatoms. The van der Waals surface area contributed by atoms with Gasteiger partial charge in [0.1, 0.15) is 5.82 Å². The summed E-state index contributed by atoms with van der Waals surface area (Å²) < 4.78 is 15.1. The Morgan fingerprint density at radius 1 is 1.22 bits per heavy atom. The van der Waals surface area contributed by atoms with Crippen LogP contribution in [0.4, 0.5) is 4.39 Å². The molecule has 0 saturated carbocycles. The molecule has 140 valence electrons. The first kappa shape index (κ1) is 18.8. The molecule has 0 fully saturated rings. The number of aromatic nitrogens is 2. The van der Waals surface area contributed by atoms with Crippen molar-refractivity contribution in [2.75, 3.05) is 0 Å². The summed E-state index contributed by atoms with van der Waals surface area (Å²) in [6.45, 7) is 3.98. The lowest BCUT2D eigenvalue weighted by atomic mass is 10.1. The van der Waals surface area contributed by atoms with Gasteiger partial charge in [0.25, 0.3) is 5.56 Å². The fourth-order valence-corrected chi connectivity index (χ4v) is 3.11. The number of amides is 1. The fourth-order valence-electron chi connectivity index (χ4n) is 3.11. The summed E-state index contributed by atoms with van der Waals surface area (Å²) in [5.74, 6) is -0.460. The quantitative estimate of drug-likeness (QED) is 0.728. The van der Waals surface area contributed by atoms with Crippen molar-refractivity contribution in [3.8, 4) is 0 Å². The normalized spacial score (nSPS) is 12.1. The summed E-state index contributed by atoms with van der Waals surface area (Å²) in [4.78, 5) is 29.1. The molecule has 1 atom stereocenters. The van der Waals surface area contributed by atoms with Crippen LogP contribution in [0, 0.1) is 12.7 Å². The largest absolute Gasteiger partial charge is 0.353 e. The number of halogens is 1. The number of fused-ring (bicyclic) bond motifs is 1. The number of hydrogen-bond acceptors (Lipinski definition) is 3. The minimum atomic E-state index is -0.275. The lowest BCUT2D eigenvalue weighted by Crippen LogP contribution is -2.35. The number of aryl methyl sites for hydroxylation is 2. The summed E-state index contributed by atoms with van der Waals surface area (Å²) in [7, 11) is 0. The smallest absolute Gasteiger partial charge is 0.261 e. The van der Waals surface area contributed by atoms with Gasteiger partial charge in [-0.25, -0.2) is 9.37 Å². The zero-order valence-electron chi connectivity index (χ0n) is 15.4. The Balaban J connectivity index is 1.61. The van der Waals surface area contributed by atoms with Gasteiger partial charge in [-0.05, 0) is 43.5 Å². The second kappa shape index (κ2) is 8.12. The van der Waals surface area contributed by atoms with Crippen LogP contribution in [0.1, 0.15) is 24.5 Å². The zero-order chi connectivity index (χ0) is 19.4. The summed E-state index contributed by atoms with van der Waals surface area (Å²) in [5.41, 5.74) is 2.03. The summed E-state index contributed by atoms with van der Waals surface area (Å²) >= 11 is 0. The number of carbonyl (C=O) groups is 1. The minimum Gasteiger partial charge on any atom is -0.353 e. The number of para-hydroxylation sites is 1. The Labute approximate surface area is 156 Å². The van der Waals surface area contributed by atoms with Gasteiger partial charge in [-0.1, -0.05) is 30.3 Å². The predicted octanol–water partition coefficient (Wildman–Crippen LogP) is 2.98. The molecule has 2 aromatic carbocycles. The molecule has 0 spiro atoms. The molecule has 0 aliphatic heterocycles. The van der Waals surface area contributed by atoms with Gasteiger partial charge in [-0.15, -0.1) is 0 Å². The molecule has 0 bridgehead atoms. The summed E-state index contributed by atoms with van der Waals surface area (Å²) in [6, 6.07) is 11.8. The van der Waals surface area contributed by atoms with Gasteiger partial charge in [-0.3, -0.25) is 14.2 Å². The summed E-state index contributed by atoms with van der Waals surface area (Å²) in [5, 5.41) is 3.40. The topological polar surface area (TPSA) is 64.0 Å². The second-order valence-corrected chi connectivity index (χ2v) is 6.73. The van der Waals surface area contributed by atoms with Crippen molar-refractivity contribution >= 4 is 16.8 Å². The van der Waals surface area contributed by atoms with E-state index in [0.717, 1.165) is 5.56 Å². The van der Waals surface area contributed by atoms with Gasteiger partial charge in [0, 0.05) is 19.0 Å². The minimum absolute atomic E-state index is 0.153. The fraction of sp³-hybridized carbons (Fsp3) is 0.286. The highest BCUT2D eigenvalue weighted by Gasteiger charge is 2.12. The molecule has 0 saturated heterocycles. The van der Waals surface area contributed by atoms with Gasteiger partial charge in [0.15, 0.2) is 0 Å². The van der Waals surface area contributed by atoms with Gasteiger partial charge >= 0.3 is 0 Å². The van der Waals surface area contributed by atoms with E-state index in [1.54, 1.807) is 24.3 Å². The number of hydrogen-bond donors (Lipinski definition) is 1. The third-order valence-electron chi connectivity index (χ3n) is 4.53. The van der Waals surface area contributed by atoms with Gasteiger partial charge in [0.2, 0.25) is 5.91 Å². The Bertz CT molecular complexity index is 1030. The van der Waals surface area contributed by atoms with Crippen molar-refractivity contribution in [1.82, 2.24) is 14.9 Å².